The summed E-state index contributed by atoms with van der Waals surface area (Å²) in [6.45, 7) is 0. The highest BCUT2D eigenvalue weighted by molar-refractivity contribution is 6.34. The molecule has 1 aliphatic rings. The van der Waals surface area contributed by atoms with Gasteiger partial charge in [0.1, 0.15) is 0 Å². The number of nitrogens with one attached hydrogen (secondary N) is 2. The van der Waals surface area contributed by atoms with Crippen LogP contribution in [0, 0.1) is 0 Å². The van der Waals surface area contributed by atoms with E-state index >= 15 is 0 Å². The monoisotopic (exact) mass is 296 g/mol. The zero-order chi connectivity index (χ0) is 14.7. The van der Waals surface area contributed by atoms with Crippen LogP contribution < -0.4 is 10.6 Å². The van der Waals surface area contributed by atoms with Crippen LogP contribution in [-0.4, -0.2) is 22.9 Å². The van der Waals surface area contributed by atoms with Gasteiger partial charge in [0, 0.05) is 18.5 Å². The first-order valence-electron chi connectivity index (χ1n) is 6.09. The van der Waals surface area contributed by atoms with Crippen LogP contribution in [0.3, 0.4) is 0 Å². The summed E-state index contributed by atoms with van der Waals surface area (Å²) in [5.74, 6) is -1.34. The zero-order valence-electron chi connectivity index (χ0n) is 10.5. The first-order valence-corrected chi connectivity index (χ1v) is 6.47. The number of fused-ring (bicyclic) bond motifs is 1. The molecule has 0 aliphatic carbocycles. The Morgan fingerprint density at radius 1 is 1.35 bits per heavy atom. The van der Waals surface area contributed by atoms with Crippen molar-refractivity contribution in [2.45, 2.75) is 25.7 Å². The Morgan fingerprint density at radius 3 is 2.80 bits per heavy atom. The lowest BCUT2D eigenvalue weighted by molar-refractivity contribution is -0.137. The average Bonchev–Trinajstić information content (AvgIpc) is 2.68. The third-order valence-electron chi connectivity index (χ3n) is 2.89. The van der Waals surface area contributed by atoms with Crippen LogP contribution in [0.25, 0.3) is 0 Å². The fourth-order valence-corrected chi connectivity index (χ4v) is 2.17. The van der Waals surface area contributed by atoms with E-state index in [2.05, 4.69) is 10.6 Å². The molecule has 0 atom stereocenters. The molecular weight excluding hydrogens is 284 g/mol. The van der Waals surface area contributed by atoms with Gasteiger partial charge in [0.2, 0.25) is 11.8 Å². The first kappa shape index (κ1) is 14.3. The van der Waals surface area contributed by atoms with Gasteiger partial charge in [-0.3, -0.25) is 14.4 Å². The molecule has 0 fully saturated rings. The van der Waals surface area contributed by atoms with E-state index in [0.29, 0.717) is 16.4 Å². The number of anilines is 2. The second-order valence-corrected chi connectivity index (χ2v) is 4.92. The van der Waals surface area contributed by atoms with E-state index in [1.54, 1.807) is 12.1 Å². The third-order valence-corrected chi connectivity index (χ3v) is 3.20. The summed E-state index contributed by atoms with van der Waals surface area (Å²) in [4.78, 5) is 33.3. The number of carbonyl (C=O) groups is 3. The number of rotatable bonds is 5. The minimum absolute atomic E-state index is 0.0518. The van der Waals surface area contributed by atoms with Crippen LogP contribution in [-0.2, 0) is 20.8 Å². The molecule has 1 aromatic rings. The van der Waals surface area contributed by atoms with E-state index in [9.17, 15) is 14.4 Å². The maximum absolute atomic E-state index is 11.7. The lowest BCUT2D eigenvalue weighted by Gasteiger charge is -2.09. The van der Waals surface area contributed by atoms with Gasteiger partial charge in [-0.2, -0.15) is 0 Å². The highest BCUT2D eigenvalue weighted by Crippen LogP contribution is 2.32. The minimum Gasteiger partial charge on any atom is -0.481 e. The van der Waals surface area contributed by atoms with Gasteiger partial charge in [0.15, 0.2) is 0 Å². The van der Waals surface area contributed by atoms with Crippen LogP contribution in [0.4, 0.5) is 11.4 Å². The van der Waals surface area contributed by atoms with Crippen LogP contribution in [0.2, 0.25) is 5.02 Å². The maximum Gasteiger partial charge on any atom is 0.303 e. The number of carboxylic acids is 1. The van der Waals surface area contributed by atoms with Gasteiger partial charge in [0.05, 0.1) is 17.1 Å². The molecule has 0 radical (unpaired) electrons. The van der Waals surface area contributed by atoms with Crippen molar-refractivity contribution in [3.63, 3.8) is 0 Å². The fourth-order valence-electron chi connectivity index (χ4n) is 1.96. The number of amides is 2. The molecule has 2 rings (SSSR count). The Hall–Kier alpha value is -2.08. The summed E-state index contributed by atoms with van der Waals surface area (Å²) in [7, 11) is 0. The number of halogens is 1. The van der Waals surface area contributed by atoms with Crippen molar-refractivity contribution >= 4 is 40.8 Å². The molecule has 20 heavy (non-hydrogen) atoms. The van der Waals surface area contributed by atoms with Crippen LogP contribution in [0.5, 0.6) is 0 Å². The SMILES string of the molecule is O=C(O)CCCC(=O)Nc1cc2c(cc1Cl)NC(=O)C2. The second-order valence-electron chi connectivity index (χ2n) is 4.51. The van der Waals surface area contributed by atoms with E-state index < -0.39 is 5.97 Å². The normalized spacial score (nSPS) is 12.8. The maximum atomic E-state index is 11.7. The minimum atomic E-state index is -0.932. The Balaban J connectivity index is 2.00. The van der Waals surface area contributed by atoms with Crippen molar-refractivity contribution in [2.75, 3.05) is 10.6 Å². The molecule has 106 valence electrons. The van der Waals surface area contributed by atoms with Crippen molar-refractivity contribution in [1.29, 1.82) is 0 Å². The third kappa shape index (κ3) is 3.48. The topological polar surface area (TPSA) is 95.5 Å². The van der Waals surface area contributed by atoms with E-state index in [-0.39, 0.29) is 37.5 Å². The average molecular weight is 297 g/mol. The Morgan fingerprint density at radius 2 is 2.10 bits per heavy atom. The molecule has 7 heteroatoms. The Bertz CT molecular complexity index is 586. The molecule has 1 aliphatic heterocycles. The predicted octanol–water partition coefficient (Wildman–Crippen LogP) is 2.03. The highest BCUT2D eigenvalue weighted by atomic mass is 35.5. The summed E-state index contributed by atoms with van der Waals surface area (Å²) in [5, 5.41) is 14.1. The highest BCUT2D eigenvalue weighted by Gasteiger charge is 2.20. The van der Waals surface area contributed by atoms with Crippen molar-refractivity contribution in [3.05, 3.63) is 22.7 Å². The lowest BCUT2D eigenvalue weighted by Crippen LogP contribution is -2.12. The van der Waals surface area contributed by atoms with Crippen LogP contribution in [0.15, 0.2) is 12.1 Å². The predicted molar refractivity (Wildman–Crippen MR) is 73.9 cm³/mol. The molecule has 0 aromatic heterocycles. The van der Waals surface area contributed by atoms with Crippen LogP contribution in [0.1, 0.15) is 24.8 Å². The molecule has 1 heterocycles. The first-order chi connectivity index (χ1) is 9.45. The summed E-state index contributed by atoms with van der Waals surface area (Å²) in [5.41, 5.74) is 1.87. The lowest BCUT2D eigenvalue weighted by atomic mass is 10.1. The summed E-state index contributed by atoms with van der Waals surface area (Å²) in [6.07, 6.45) is 0.582. The fraction of sp³-hybridized carbons (Fsp3) is 0.308. The van der Waals surface area contributed by atoms with E-state index in [1.807, 2.05) is 0 Å². The number of carboxylic acid groups (broad SMARTS) is 1. The molecule has 3 N–H and O–H groups in total. The van der Waals surface area contributed by atoms with Gasteiger partial charge in [-0.15, -0.1) is 0 Å². The number of carbonyl (C=O) groups excluding carboxylic acids is 2. The van der Waals surface area contributed by atoms with Gasteiger partial charge in [-0.1, -0.05) is 11.6 Å². The summed E-state index contributed by atoms with van der Waals surface area (Å²) < 4.78 is 0. The Kier molecular flexibility index (Phi) is 4.24. The molecule has 1 aromatic carbocycles. The van der Waals surface area contributed by atoms with Gasteiger partial charge in [0.25, 0.3) is 0 Å². The van der Waals surface area contributed by atoms with Crippen LogP contribution >= 0.6 is 11.6 Å². The smallest absolute Gasteiger partial charge is 0.303 e. The molecule has 0 spiro atoms. The molecule has 0 unspecified atom stereocenters. The number of aliphatic carboxylic acids is 1. The summed E-state index contributed by atoms with van der Waals surface area (Å²) in [6, 6.07) is 3.25. The van der Waals surface area contributed by atoms with Gasteiger partial charge in [-0.25, -0.2) is 0 Å². The van der Waals surface area contributed by atoms with E-state index in [1.165, 1.54) is 0 Å². The van der Waals surface area contributed by atoms with Crippen molar-refractivity contribution in [1.82, 2.24) is 0 Å². The largest absolute Gasteiger partial charge is 0.481 e. The van der Waals surface area contributed by atoms with Crippen molar-refractivity contribution < 1.29 is 19.5 Å². The van der Waals surface area contributed by atoms with Gasteiger partial charge in [-0.05, 0) is 24.1 Å². The molecule has 0 bridgehead atoms. The second kappa shape index (κ2) is 5.92. The zero-order valence-corrected chi connectivity index (χ0v) is 11.3. The van der Waals surface area contributed by atoms with E-state index in [4.69, 9.17) is 16.7 Å². The molecule has 0 saturated heterocycles. The molecule has 0 saturated carbocycles. The van der Waals surface area contributed by atoms with Gasteiger partial charge >= 0.3 is 5.97 Å². The van der Waals surface area contributed by atoms with Gasteiger partial charge < -0.3 is 15.7 Å². The quantitative estimate of drug-likeness (QED) is 0.774. The summed E-state index contributed by atoms with van der Waals surface area (Å²) >= 11 is 6.02. The van der Waals surface area contributed by atoms with E-state index in [0.717, 1.165) is 5.56 Å². The van der Waals surface area contributed by atoms with Crippen molar-refractivity contribution in [2.24, 2.45) is 0 Å². The number of benzene rings is 1. The van der Waals surface area contributed by atoms with Crippen molar-refractivity contribution in [3.8, 4) is 0 Å². The Labute approximate surface area is 120 Å². The number of hydrogen-bond donors (Lipinski definition) is 3. The molecule has 2 amide bonds. The standard InChI is InChI=1S/C13H13ClN2O4/c14-8-6-9-7(5-12(18)15-9)4-10(8)16-11(17)2-1-3-13(19)20/h4,6H,1-3,5H2,(H,15,18)(H,16,17)(H,19,20). The molecular formula is C13H13ClN2O4. The molecule has 6 nitrogen and oxygen atoms in total. The number of hydrogen-bond acceptors (Lipinski definition) is 3.